The van der Waals surface area contributed by atoms with E-state index in [1.807, 2.05) is 0 Å². The summed E-state index contributed by atoms with van der Waals surface area (Å²) in [4.78, 5) is 12.2. The Morgan fingerprint density at radius 3 is 2.72 bits per heavy atom. The summed E-state index contributed by atoms with van der Waals surface area (Å²) in [5.41, 5.74) is -0.287. The van der Waals surface area contributed by atoms with Crippen LogP contribution in [0, 0.1) is 5.92 Å². The third-order valence-corrected chi connectivity index (χ3v) is 4.17. The van der Waals surface area contributed by atoms with Crippen molar-refractivity contribution in [3.8, 4) is 0 Å². The van der Waals surface area contributed by atoms with Crippen molar-refractivity contribution in [2.45, 2.75) is 44.6 Å². The van der Waals surface area contributed by atoms with Gasteiger partial charge in [-0.2, -0.15) is 0 Å². The molecule has 1 unspecified atom stereocenters. The molecule has 4 nitrogen and oxygen atoms in total. The second kappa shape index (κ2) is 7.31. The molecule has 2 N–H and O–H groups in total. The molecular formula is C13H25ClN2O2. The molecule has 1 amide bonds. The van der Waals surface area contributed by atoms with Crippen molar-refractivity contribution in [1.82, 2.24) is 10.6 Å². The lowest BCUT2D eigenvalue weighted by molar-refractivity contribution is -0.127. The van der Waals surface area contributed by atoms with Crippen LogP contribution in [-0.2, 0) is 9.53 Å². The van der Waals surface area contributed by atoms with Gasteiger partial charge in [0.2, 0.25) is 5.91 Å². The minimum atomic E-state index is -0.287. The van der Waals surface area contributed by atoms with Crippen molar-refractivity contribution in [1.29, 1.82) is 0 Å². The second-order valence-corrected chi connectivity index (χ2v) is 5.23. The van der Waals surface area contributed by atoms with Crippen LogP contribution < -0.4 is 10.6 Å². The number of hydrogen-bond donors (Lipinski definition) is 2. The zero-order valence-corrected chi connectivity index (χ0v) is 12.0. The summed E-state index contributed by atoms with van der Waals surface area (Å²) in [5, 5.41) is 6.50. The van der Waals surface area contributed by atoms with Crippen LogP contribution in [0.1, 0.15) is 39.0 Å². The smallest absolute Gasteiger partial charge is 0.240 e. The van der Waals surface area contributed by atoms with Gasteiger partial charge >= 0.3 is 0 Å². The number of amides is 1. The predicted octanol–water partition coefficient (Wildman–Crippen LogP) is 1.48. The fourth-order valence-corrected chi connectivity index (χ4v) is 2.82. The molecule has 0 saturated carbocycles. The highest BCUT2D eigenvalue weighted by Gasteiger charge is 2.38. The third-order valence-electron chi connectivity index (χ3n) is 4.17. The lowest BCUT2D eigenvalue weighted by atomic mass is 9.92. The maximum absolute atomic E-state index is 12.2. The molecule has 0 aromatic heterocycles. The van der Waals surface area contributed by atoms with Crippen LogP contribution in [0.3, 0.4) is 0 Å². The van der Waals surface area contributed by atoms with Crippen molar-refractivity contribution in [3.05, 3.63) is 0 Å². The fourth-order valence-electron chi connectivity index (χ4n) is 2.82. The van der Waals surface area contributed by atoms with Crippen LogP contribution in [0.5, 0.6) is 0 Å². The summed E-state index contributed by atoms with van der Waals surface area (Å²) in [5.74, 6) is 0.798. The Hall–Kier alpha value is -0.320. The van der Waals surface area contributed by atoms with Gasteiger partial charge in [0.1, 0.15) is 0 Å². The standard InChI is InChI=1S/C13H24N2O2.ClH/c1-2-13(6-3-7-15-13)12(16)14-10-11-4-8-17-9-5-11;/h11,15H,2-10H2,1H3,(H,14,16);1H. The molecule has 18 heavy (non-hydrogen) atoms. The summed E-state index contributed by atoms with van der Waals surface area (Å²) in [6.07, 6.45) is 5.12. The van der Waals surface area contributed by atoms with E-state index in [9.17, 15) is 4.79 Å². The Kier molecular flexibility index (Phi) is 6.39. The number of rotatable bonds is 4. The van der Waals surface area contributed by atoms with Gasteiger partial charge in [0.05, 0.1) is 5.54 Å². The Morgan fingerprint density at radius 1 is 1.44 bits per heavy atom. The normalized spacial score (nSPS) is 28.7. The van der Waals surface area contributed by atoms with Crippen LogP contribution >= 0.6 is 12.4 Å². The molecule has 2 saturated heterocycles. The molecule has 2 aliphatic heterocycles. The average Bonchev–Trinajstić information content (AvgIpc) is 2.87. The quantitative estimate of drug-likeness (QED) is 0.818. The van der Waals surface area contributed by atoms with Crippen molar-refractivity contribution in [2.24, 2.45) is 5.92 Å². The number of nitrogens with one attached hydrogen (secondary N) is 2. The first-order valence-corrected chi connectivity index (χ1v) is 6.88. The summed E-state index contributed by atoms with van der Waals surface area (Å²) < 4.78 is 5.32. The summed E-state index contributed by atoms with van der Waals surface area (Å²) in [6, 6.07) is 0. The highest BCUT2D eigenvalue weighted by molar-refractivity contribution is 5.86. The topological polar surface area (TPSA) is 50.4 Å². The van der Waals surface area contributed by atoms with Gasteiger partial charge in [-0.05, 0) is 44.6 Å². The highest BCUT2D eigenvalue weighted by atomic mass is 35.5. The van der Waals surface area contributed by atoms with E-state index in [0.29, 0.717) is 5.92 Å². The van der Waals surface area contributed by atoms with E-state index >= 15 is 0 Å². The first-order valence-electron chi connectivity index (χ1n) is 6.88. The van der Waals surface area contributed by atoms with Gasteiger partial charge in [-0.25, -0.2) is 0 Å². The van der Waals surface area contributed by atoms with E-state index in [4.69, 9.17) is 4.74 Å². The van der Waals surface area contributed by atoms with Crippen LogP contribution in [0.15, 0.2) is 0 Å². The Bertz CT molecular complexity index is 262. The van der Waals surface area contributed by atoms with E-state index in [2.05, 4.69) is 17.6 Å². The van der Waals surface area contributed by atoms with Gasteiger partial charge in [-0.15, -0.1) is 12.4 Å². The van der Waals surface area contributed by atoms with Gasteiger partial charge < -0.3 is 15.4 Å². The Labute approximate surface area is 116 Å². The molecule has 5 heteroatoms. The third kappa shape index (κ3) is 3.59. The van der Waals surface area contributed by atoms with Gasteiger partial charge in [-0.3, -0.25) is 4.79 Å². The monoisotopic (exact) mass is 276 g/mol. The first kappa shape index (κ1) is 15.7. The lowest BCUT2D eigenvalue weighted by Gasteiger charge is -2.29. The molecule has 2 rings (SSSR count). The van der Waals surface area contributed by atoms with Crippen molar-refractivity contribution >= 4 is 18.3 Å². The van der Waals surface area contributed by atoms with Crippen molar-refractivity contribution in [3.63, 3.8) is 0 Å². The second-order valence-electron chi connectivity index (χ2n) is 5.23. The minimum absolute atomic E-state index is 0. The molecule has 2 heterocycles. The summed E-state index contributed by atoms with van der Waals surface area (Å²) in [6.45, 7) is 5.56. The van der Waals surface area contributed by atoms with E-state index < -0.39 is 0 Å². The molecule has 2 fully saturated rings. The fraction of sp³-hybridized carbons (Fsp3) is 0.923. The van der Waals surface area contributed by atoms with E-state index in [0.717, 1.165) is 58.4 Å². The number of ether oxygens (including phenoxy) is 1. The van der Waals surface area contributed by atoms with Crippen molar-refractivity contribution in [2.75, 3.05) is 26.3 Å². The molecule has 0 aromatic carbocycles. The summed E-state index contributed by atoms with van der Waals surface area (Å²) >= 11 is 0. The Balaban J connectivity index is 0.00000162. The number of carbonyl (C=O) groups is 1. The van der Waals surface area contributed by atoms with Crippen LogP contribution in [0.2, 0.25) is 0 Å². The molecule has 2 aliphatic rings. The van der Waals surface area contributed by atoms with Crippen LogP contribution in [0.25, 0.3) is 0 Å². The number of hydrogen-bond acceptors (Lipinski definition) is 3. The molecule has 0 spiro atoms. The number of carbonyl (C=O) groups excluding carboxylic acids is 1. The van der Waals surface area contributed by atoms with Gasteiger partial charge in [0.15, 0.2) is 0 Å². The molecule has 0 aromatic rings. The molecule has 106 valence electrons. The van der Waals surface area contributed by atoms with Gasteiger partial charge in [-0.1, -0.05) is 6.92 Å². The number of halogens is 1. The summed E-state index contributed by atoms with van der Waals surface area (Å²) in [7, 11) is 0. The minimum Gasteiger partial charge on any atom is -0.381 e. The zero-order chi connectivity index (χ0) is 12.1. The average molecular weight is 277 g/mol. The zero-order valence-electron chi connectivity index (χ0n) is 11.2. The molecule has 0 radical (unpaired) electrons. The van der Waals surface area contributed by atoms with Crippen molar-refractivity contribution < 1.29 is 9.53 Å². The lowest BCUT2D eigenvalue weighted by Crippen LogP contribution is -2.54. The van der Waals surface area contributed by atoms with Gasteiger partial charge in [0, 0.05) is 19.8 Å². The first-order chi connectivity index (χ1) is 8.27. The van der Waals surface area contributed by atoms with E-state index in [1.54, 1.807) is 0 Å². The van der Waals surface area contributed by atoms with E-state index in [1.165, 1.54) is 0 Å². The van der Waals surface area contributed by atoms with Gasteiger partial charge in [0.25, 0.3) is 0 Å². The SMILES string of the molecule is CCC1(C(=O)NCC2CCOCC2)CCCN1.Cl. The molecule has 0 aliphatic carbocycles. The molecule has 1 atom stereocenters. The molecule has 0 bridgehead atoms. The van der Waals surface area contributed by atoms with E-state index in [-0.39, 0.29) is 23.9 Å². The van der Waals surface area contributed by atoms with Crippen LogP contribution in [-0.4, -0.2) is 37.7 Å². The maximum atomic E-state index is 12.2. The van der Waals surface area contributed by atoms with Crippen LogP contribution in [0.4, 0.5) is 0 Å². The largest absolute Gasteiger partial charge is 0.381 e. The maximum Gasteiger partial charge on any atom is 0.240 e. The Morgan fingerprint density at radius 2 is 2.17 bits per heavy atom. The highest BCUT2D eigenvalue weighted by Crippen LogP contribution is 2.23. The predicted molar refractivity (Wildman–Crippen MR) is 74.1 cm³/mol. The molecular weight excluding hydrogens is 252 g/mol.